The second-order valence-electron chi connectivity index (χ2n) is 6.83. The Bertz CT molecular complexity index is 933. The smallest absolute Gasteiger partial charge is 0.251 e. The first kappa shape index (κ1) is 19.4. The summed E-state index contributed by atoms with van der Waals surface area (Å²) in [4.78, 5) is 24.3. The first-order valence-corrected chi connectivity index (χ1v) is 9.32. The van der Waals surface area contributed by atoms with Crippen LogP contribution in [-0.4, -0.2) is 18.4 Å². The number of rotatable bonds is 6. The number of benzene rings is 3. The molecule has 0 spiro atoms. The number of amides is 2. The van der Waals surface area contributed by atoms with Crippen LogP contribution in [0.25, 0.3) is 11.1 Å². The average molecular weight is 372 g/mol. The van der Waals surface area contributed by atoms with Gasteiger partial charge in [0.2, 0.25) is 5.91 Å². The van der Waals surface area contributed by atoms with E-state index in [0.29, 0.717) is 5.56 Å². The van der Waals surface area contributed by atoms with E-state index in [4.69, 9.17) is 0 Å². The van der Waals surface area contributed by atoms with Gasteiger partial charge in [-0.3, -0.25) is 9.59 Å². The van der Waals surface area contributed by atoms with Crippen molar-refractivity contribution in [1.82, 2.24) is 10.6 Å². The van der Waals surface area contributed by atoms with Gasteiger partial charge in [-0.25, -0.2) is 0 Å². The summed E-state index contributed by atoms with van der Waals surface area (Å²) in [6.07, 6.45) is 0. The average Bonchev–Trinajstić information content (AvgIpc) is 2.73. The predicted molar refractivity (Wildman–Crippen MR) is 112 cm³/mol. The molecule has 1 unspecified atom stereocenters. The molecule has 0 heterocycles. The number of nitrogens with one attached hydrogen (secondary N) is 2. The highest BCUT2D eigenvalue weighted by atomic mass is 16.2. The second kappa shape index (κ2) is 9.00. The molecule has 1 atom stereocenters. The zero-order valence-electron chi connectivity index (χ0n) is 16.1. The molecule has 28 heavy (non-hydrogen) atoms. The Hall–Kier alpha value is -3.40. The van der Waals surface area contributed by atoms with Crippen molar-refractivity contribution in [3.63, 3.8) is 0 Å². The fourth-order valence-electron chi connectivity index (χ4n) is 2.94. The Labute approximate surface area is 165 Å². The molecule has 3 aromatic carbocycles. The molecule has 4 heteroatoms. The summed E-state index contributed by atoms with van der Waals surface area (Å²) in [5.41, 5.74) is 4.93. The lowest BCUT2D eigenvalue weighted by atomic mass is 10.0. The van der Waals surface area contributed by atoms with Gasteiger partial charge < -0.3 is 10.6 Å². The van der Waals surface area contributed by atoms with Crippen molar-refractivity contribution in [2.45, 2.75) is 19.9 Å². The molecule has 0 aliphatic heterocycles. The molecule has 0 bridgehead atoms. The topological polar surface area (TPSA) is 58.2 Å². The second-order valence-corrected chi connectivity index (χ2v) is 6.83. The molecule has 2 N–H and O–H groups in total. The lowest BCUT2D eigenvalue weighted by molar-refractivity contribution is -0.120. The summed E-state index contributed by atoms with van der Waals surface area (Å²) in [6, 6.07) is 25.4. The molecule has 3 rings (SSSR count). The van der Waals surface area contributed by atoms with Crippen LogP contribution in [0.4, 0.5) is 0 Å². The number of aryl methyl sites for hydroxylation is 1. The van der Waals surface area contributed by atoms with E-state index in [0.717, 1.165) is 22.3 Å². The van der Waals surface area contributed by atoms with Crippen LogP contribution in [0.5, 0.6) is 0 Å². The van der Waals surface area contributed by atoms with Crippen molar-refractivity contribution in [2.75, 3.05) is 6.54 Å². The molecule has 0 fully saturated rings. The van der Waals surface area contributed by atoms with Gasteiger partial charge in [-0.1, -0.05) is 72.3 Å². The standard InChI is InChI=1S/C24H24N2O2/c1-17-8-10-22(11-9-17)24(28)25-16-23(27)26-18(2)19-12-14-21(15-13-19)20-6-4-3-5-7-20/h3-15,18H,16H2,1-2H3,(H,25,28)(H,26,27). The highest BCUT2D eigenvalue weighted by Gasteiger charge is 2.12. The van der Waals surface area contributed by atoms with Crippen molar-refractivity contribution in [2.24, 2.45) is 0 Å². The molecule has 3 aromatic rings. The Balaban J connectivity index is 1.52. The summed E-state index contributed by atoms with van der Waals surface area (Å²) in [5.74, 6) is -0.477. The first-order chi connectivity index (χ1) is 13.5. The lowest BCUT2D eigenvalue weighted by Gasteiger charge is -2.15. The molecule has 0 aromatic heterocycles. The van der Waals surface area contributed by atoms with Crippen molar-refractivity contribution < 1.29 is 9.59 Å². The normalized spacial score (nSPS) is 11.5. The summed E-state index contributed by atoms with van der Waals surface area (Å²) in [5, 5.41) is 5.57. The van der Waals surface area contributed by atoms with E-state index in [1.54, 1.807) is 12.1 Å². The Morgan fingerprint density at radius 2 is 1.43 bits per heavy atom. The SMILES string of the molecule is Cc1ccc(C(=O)NCC(=O)NC(C)c2ccc(-c3ccccc3)cc2)cc1. The van der Waals surface area contributed by atoms with Gasteiger partial charge in [0.15, 0.2) is 0 Å². The summed E-state index contributed by atoms with van der Waals surface area (Å²) >= 11 is 0. The van der Waals surface area contributed by atoms with E-state index >= 15 is 0 Å². The van der Waals surface area contributed by atoms with Crippen molar-refractivity contribution >= 4 is 11.8 Å². The van der Waals surface area contributed by atoms with E-state index in [-0.39, 0.29) is 24.4 Å². The van der Waals surface area contributed by atoms with Crippen molar-refractivity contribution in [3.8, 4) is 11.1 Å². The third kappa shape index (κ3) is 5.07. The van der Waals surface area contributed by atoms with Crippen LogP contribution >= 0.6 is 0 Å². The van der Waals surface area contributed by atoms with Crippen LogP contribution in [0, 0.1) is 6.92 Å². The number of carbonyl (C=O) groups is 2. The molecule has 0 aliphatic carbocycles. The van der Waals surface area contributed by atoms with Gasteiger partial charge in [-0.05, 0) is 42.7 Å². The van der Waals surface area contributed by atoms with Crippen molar-refractivity contribution in [3.05, 3.63) is 95.6 Å². The van der Waals surface area contributed by atoms with Crippen LogP contribution in [0.15, 0.2) is 78.9 Å². The summed E-state index contributed by atoms with van der Waals surface area (Å²) < 4.78 is 0. The molecular formula is C24H24N2O2. The lowest BCUT2D eigenvalue weighted by Crippen LogP contribution is -2.38. The summed E-state index contributed by atoms with van der Waals surface area (Å²) in [6.45, 7) is 3.83. The van der Waals surface area contributed by atoms with Gasteiger partial charge >= 0.3 is 0 Å². The maximum absolute atomic E-state index is 12.2. The third-order valence-electron chi connectivity index (χ3n) is 4.62. The van der Waals surface area contributed by atoms with Gasteiger partial charge in [0.1, 0.15) is 0 Å². The molecule has 0 saturated heterocycles. The van der Waals surface area contributed by atoms with Gasteiger partial charge in [0.05, 0.1) is 12.6 Å². The number of carbonyl (C=O) groups excluding carboxylic acids is 2. The minimum Gasteiger partial charge on any atom is -0.348 e. The Morgan fingerprint density at radius 1 is 0.821 bits per heavy atom. The van der Waals surface area contributed by atoms with Crippen LogP contribution < -0.4 is 10.6 Å². The maximum Gasteiger partial charge on any atom is 0.251 e. The molecule has 2 amide bonds. The number of hydrogen-bond acceptors (Lipinski definition) is 2. The Morgan fingerprint density at radius 3 is 2.07 bits per heavy atom. The highest BCUT2D eigenvalue weighted by Crippen LogP contribution is 2.21. The van der Waals surface area contributed by atoms with Gasteiger partial charge in [0, 0.05) is 5.56 Å². The molecule has 0 saturated carbocycles. The quantitative estimate of drug-likeness (QED) is 0.679. The monoisotopic (exact) mass is 372 g/mol. The molecule has 0 radical (unpaired) electrons. The fraction of sp³-hybridized carbons (Fsp3) is 0.167. The Kier molecular flexibility index (Phi) is 6.22. The van der Waals surface area contributed by atoms with E-state index in [9.17, 15) is 9.59 Å². The van der Waals surface area contributed by atoms with Crippen LogP contribution in [0.3, 0.4) is 0 Å². The van der Waals surface area contributed by atoms with Gasteiger partial charge in [-0.15, -0.1) is 0 Å². The highest BCUT2D eigenvalue weighted by molar-refractivity contribution is 5.96. The van der Waals surface area contributed by atoms with Gasteiger partial charge in [0.25, 0.3) is 5.91 Å². The minimum absolute atomic E-state index is 0.0564. The van der Waals surface area contributed by atoms with Crippen LogP contribution in [-0.2, 0) is 4.79 Å². The molecule has 142 valence electrons. The van der Waals surface area contributed by atoms with E-state index in [1.807, 2.05) is 68.4 Å². The minimum atomic E-state index is -0.255. The zero-order valence-corrected chi connectivity index (χ0v) is 16.1. The largest absolute Gasteiger partial charge is 0.348 e. The maximum atomic E-state index is 12.2. The van der Waals surface area contributed by atoms with E-state index < -0.39 is 0 Å². The zero-order chi connectivity index (χ0) is 19.9. The van der Waals surface area contributed by atoms with Gasteiger partial charge in [-0.2, -0.15) is 0 Å². The number of hydrogen-bond donors (Lipinski definition) is 2. The molecule has 0 aliphatic rings. The summed E-state index contributed by atoms with van der Waals surface area (Å²) in [7, 11) is 0. The first-order valence-electron chi connectivity index (χ1n) is 9.32. The van der Waals surface area contributed by atoms with E-state index in [1.165, 1.54) is 0 Å². The van der Waals surface area contributed by atoms with Crippen LogP contribution in [0.2, 0.25) is 0 Å². The third-order valence-corrected chi connectivity index (χ3v) is 4.62. The fourth-order valence-corrected chi connectivity index (χ4v) is 2.94. The molecular weight excluding hydrogens is 348 g/mol. The van der Waals surface area contributed by atoms with Crippen molar-refractivity contribution in [1.29, 1.82) is 0 Å². The van der Waals surface area contributed by atoms with E-state index in [2.05, 4.69) is 22.8 Å². The predicted octanol–water partition coefficient (Wildman–Crippen LogP) is 4.27. The van der Waals surface area contributed by atoms with Crippen LogP contribution in [0.1, 0.15) is 34.5 Å². The molecule has 4 nitrogen and oxygen atoms in total.